The number of hydrogen-bond acceptors (Lipinski definition) is 6. The van der Waals surface area contributed by atoms with Crippen LogP contribution in [0.3, 0.4) is 0 Å². The Morgan fingerprint density at radius 1 is 1.50 bits per heavy atom. The van der Waals surface area contributed by atoms with Crippen LogP contribution in [0.1, 0.15) is 0 Å². The minimum Gasteiger partial charge on any atom is -0.379 e. The van der Waals surface area contributed by atoms with Gasteiger partial charge < -0.3 is 15.4 Å². The fourth-order valence-corrected chi connectivity index (χ4v) is 2.26. The molecule has 0 aromatic carbocycles. The monoisotopic (exact) mass is 270 g/mol. The first-order chi connectivity index (χ1) is 8.84. The molecule has 0 spiro atoms. The second kappa shape index (κ2) is 7.42. The molecule has 0 bridgehead atoms. The number of hydrogen-bond donors (Lipinski definition) is 2. The Morgan fingerprint density at radius 3 is 3.06 bits per heavy atom. The number of rotatable bonds is 6. The Morgan fingerprint density at radius 2 is 2.33 bits per heavy atom. The lowest BCUT2D eigenvalue weighted by Crippen LogP contribution is -2.41. The molecular formula is C11H18N4O2S. The number of carbonyl (C=O) groups is 1. The first-order valence-electron chi connectivity index (χ1n) is 6.05. The molecule has 1 amide bonds. The van der Waals surface area contributed by atoms with E-state index in [4.69, 9.17) is 4.74 Å². The van der Waals surface area contributed by atoms with E-state index in [1.807, 2.05) is 5.38 Å². The molecule has 18 heavy (non-hydrogen) atoms. The van der Waals surface area contributed by atoms with Gasteiger partial charge in [-0.2, -0.15) is 0 Å². The van der Waals surface area contributed by atoms with Crippen molar-refractivity contribution in [1.82, 2.24) is 15.2 Å². The predicted molar refractivity (Wildman–Crippen MR) is 70.9 cm³/mol. The molecule has 1 aliphatic heterocycles. The summed E-state index contributed by atoms with van der Waals surface area (Å²) in [5.41, 5.74) is 0. The van der Waals surface area contributed by atoms with E-state index in [1.165, 1.54) is 11.3 Å². The van der Waals surface area contributed by atoms with Gasteiger partial charge in [0, 0.05) is 37.8 Å². The SMILES string of the molecule is O=C(CNCCN1CCOCC1)Nc1nccs1. The van der Waals surface area contributed by atoms with Crippen molar-refractivity contribution in [2.75, 3.05) is 51.3 Å². The van der Waals surface area contributed by atoms with E-state index in [2.05, 4.69) is 20.5 Å². The van der Waals surface area contributed by atoms with Crippen LogP contribution in [-0.4, -0.2) is 61.7 Å². The third-order valence-electron chi connectivity index (χ3n) is 2.67. The number of ether oxygens (including phenoxy) is 1. The molecule has 6 nitrogen and oxygen atoms in total. The Labute approximate surface area is 110 Å². The zero-order valence-corrected chi connectivity index (χ0v) is 11.0. The number of thiazole rings is 1. The van der Waals surface area contributed by atoms with Crippen LogP contribution in [0.2, 0.25) is 0 Å². The van der Waals surface area contributed by atoms with Gasteiger partial charge in [-0.05, 0) is 0 Å². The molecule has 0 atom stereocenters. The Balaban J connectivity index is 1.53. The van der Waals surface area contributed by atoms with Crippen molar-refractivity contribution in [2.24, 2.45) is 0 Å². The highest BCUT2D eigenvalue weighted by atomic mass is 32.1. The van der Waals surface area contributed by atoms with Gasteiger partial charge in [-0.3, -0.25) is 9.69 Å². The van der Waals surface area contributed by atoms with Gasteiger partial charge in [-0.1, -0.05) is 0 Å². The van der Waals surface area contributed by atoms with E-state index >= 15 is 0 Å². The number of anilines is 1. The van der Waals surface area contributed by atoms with E-state index in [9.17, 15) is 4.79 Å². The summed E-state index contributed by atoms with van der Waals surface area (Å²) >= 11 is 1.42. The lowest BCUT2D eigenvalue weighted by Gasteiger charge is -2.26. The van der Waals surface area contributed by atoms with E-state index in [0.717, 1.165) is 39.4 Å². The molecular weight excluding hydrogens is 252 g/mol. The normalized spacial score (nSPS) is 16.7. The highest BCUT2D eigenvalue weighted by molar-refractivity contribution is 7.13. The first-order valence-corrected chi connectivity index (χ1v) is 6.93. The van der Waals surface area contributed by atoms with Crippen LogP contribution < -0.4 is 10.6 Å². The minimum atomic E-state index is -0.0491. The summed E-state index contributed by atoms with van der Waals surface area (Å²) in [7, 11) is 0. The molecule has 2 N–H and O–H groups in total. The number of nitrogens with zero attached hydrogens (tertiary/aromatic N) is 2. The van der Waals surface area contributed by atoms with E-state index in [0.29, 0.717) is 11.7 Å². The average Bonchev–Trinajstić information content (AvgIpc) is 2.89. The van der Waals surface area contributed by atoms with Crippen molar-refractivity contribution in [1.29, 1.82) is 0 Å². The molecule has 7 heteroatoms. The molecule has 0 saturated carbocycles. The van der Waals surface area contributed by atoms with Gasteiger partial charge >= 0.3 is 0 Å². The first kappa shape index (κ1) is 13.4. The van der Waals surface area contributed by atoms with E-state index in [-0.39, 0.29) is 5.91 Å². The maximum absolute atomic E-state index is 11.5. The van der Waals surface area contributed by atoms with Crippen molar-refractivity contribution in [2.45, 2.75) is 0 Å². The second-order valence-electron chi connectivity index (χ2n) is 4.02. The third-order valence-corrected chi connectivity index (χ3v) is 3.36. The summed E-state index contributed by atoms with van der Waals surface area (Å²) in [4.78, 5) is 17.8. The van der Waals surface area contributed by atoms with Crippen LogP contribution in [0.15, 0.2) is 11.6 Å². The highest BCUT2D eigenvalue weighted by Gasteiger charge is 2.09. The van der Waals surface area contributed by atoms with Crippen molar-refractivity contribution >= 4 is 22.4 Å². The molecule has 0 unspecified atom stereocenters. The number of nitrogens with one attached hydrogen (secondary N) is 2. The van der Waals surface area contributed by atoms with E-state index < -0.39 is 0 Å². The third kappa shape index (κ3) is 4.69. The highest BCUT2D eigenvalue weighted by Crippen LogP contribution is 2.09. The zero-order valence-electron chi connectivity index (χ0n) is 10.2. The molecule has 1 aromatic heterocycles. The Kier molecular flexibility index (Phi) is 5.53. The van der Waals surface area contributed by atoms with Gasteiger partial charge in [0.15, 0.2) is 5.13 Å². The van der Waals surface area contributed by atoms with Crippen molar-refractivity contribution in [3.8, 4) is 0 Å². The summed E-state index contributed by atoms with van der Waals surface area (Å²) in [6.07, 6.45) is 1.67. The molecule has 2 rings (SSSR count). The lowest BCUT2D eigenvalue weighted by atomic mass is 10.4. The summed E-state index contributed by atoms with van der Waals surface area (Å²) in [5, 5.41) is 8.34. The van der Waals surface area contributed by atoms with Gasteiger partial charge in [0.2, 0.25) is 5.91 Å². The van der Waals surface area contributed by atoms with Crippen LogP contribution in [0.4, 0.5) is 5.13 Å². The van der Waals surface area contributed by atoms with Crippen LogP contribution in [0.25, 0.3) is 0 Å². The molecule has 0 radical (unpaired) electrons. The smallest absolute Gasteiger partial charge is 0.240 e. The van der Waals surface area contributed by atoms with Gasteiger partial charge in [0.05, 0.1) is 19.8 Å². The largest absolute Gasteiger partial charge is 0.379 e. The Bertz CT molecular complexity index is 352. The molecule has 0 aliphatic carbocycles. The number of carbonyl (C=O) groups excluding carboxylic acids is 1. The topological polar surface area (TPSA) is 66.5 Å². The zero-order chi connectivity index (χ0) is 12.6. The maximum atomic E-state index is 11.5. The standard InChI is InChI=1S/C11H18N4O2S/c16-10(14-11-13-2-8-18-11)9-12-1-3-15-4-6-17-7-5-15/h2,8,12H,1,3-7,9H2,(H,13,14,16). The van der Waals surface area contributed by atoms with Gasteiger partial charge in [0.25, 0.3) is 0 Å². The van der Waals surface area contributed by atoms with Crippen molar-refractivity contribution < 1.29 is 9.53 Å². The summed E-state index contributed by atoms with van der Waals surface area (Å²) < 4.78 is 5.27. The van der Waals surface area contributed by atoms with Crippen molar-refractivity contribution in [3.05, 3.63) is 11.6 Å². The summed E-state index contributed by atoms with van der Waals surface area (Å²) in [5.74, 6) is -0.0491. The second-order valence-corrected chi connectivity index (χ2v) is 4.91. The fraction of sp³-hybridized carbons (Fsp3) is 0.636. The van der Waals surface area contributed by atoms with Crippen molar-refractivity contribution in [3.63, 3.8) is 0 Å². The molecule has 100 valence electrons. The Hall–Kier alpha value is -1.02. The van der Waals surface area contributed by atoms with Crippen LogP contribution >= 0.6 is 11.3 Å². The number of aromatic nitrogens is 1. The summed E-state index contributed by atoms with van der Waals surface area (Å²) in [6.45, 7) is 5.66. The quantitative estimate of drug-likeness (QED) is 0.713. The molecule has 1 fully saturated rings. The predicted octanol–water partition coefficient (Wildman–Crippen LogP) is 0.00340. The average molecular weight is 270 g/mol. The molecule has 1 aliphatic rings. The van der Waals surface area contributed by atoms with Crippen LogP contribution in [-0.2, 0) is 9.53 Å². The minimum absolute atomic E-state index is 0.0491. The summed E-state index contributed by atoms with van der Waals surface area (Å²) in [6, 6.07) is 0. The van der Waals surface area contributed by atoms with Gasteiger partial charge in [0.1, 0.15) is 0 Å². The number of amides is 1. The fourth-order valence-electron chi connectivity index (χ4n) is 1.71. The van der Waals surface area contributed by atoms with E-state index in [1.54, 1.807) is 6.20 Å². The number of morpholine rings is 1. The molecule has 2 heterocycles. The van der Waals surface area contributed by atoms with Gasteiger partial charge in [-0.15, -0.1) is 11.3 Å². The molecule has 1 aromatic rings. The maximum Gasteiger partial charge on any atom is 0.240 e. The van der Waals surface area contributed by atoms with Crippen LogP contribution in [0.5, 0.6) is 0 Å². The van der Waals surface area contributed by atoms with Gasteiger partial charge in [-0.25, -0.2) is 4.98 Å². The van der Waals surface area contributed by atoms with Crippen LogP contribution in [0, 0.1) is 0 Å². The molecule has 1 saturated heterocycles. The lowest BCUT2D eigenvalue weighted by molar-refractivity contribution is -0.115.